The van der Waals surface area contributed by atoms with E-state index in [2.05, 4.69) is 51.1 Å². The van der Waals surface area contributed by atoms with Crippen molar-refractivity contribution in [3.8, 4) is 23.5 Å². The predicted molar refractivity (Wildman–Crippen MR) is 145 cm³/mol. The van der Waals surface area contributed by atoms with Gasteiger partial charge in [-0.1, -0.05) is 12.0 Å². The summed E-state index contributed by atoms with van der Waals surface area (Å²) in [4.78, 5) is 11.4. The number of nitrogens with zero attached hydrogens (tertiary/aromatic N) is 6. The fourth-order valence-corrected chi connectivity index (χ4v) is 5.67. The van der Waals surface area contributed by atoms with Gasteiger partial charge in [0.2, 0.25) is 0 Å². The summed E-state index contributed by atoms with van der Waals surface area (Å²) in [6.45, 7) is 5.27. The van der Waals surface area contributed by atoms with Crippen LogP contribution in [0.2, 0.25) is 0 Å². The molecule has 0 saturated carbocycles. The standard InChI is InChI=1S/C30H30F2N6/c1-3-21-17-34-38-19-24(23-9-10-35(2)18-23)15-25(30(21)38)22-7-8-29(33-16-22)37-13-11-36(12-14-37)20-26-27(31)5-4-6-28(26)32/h1,4-8,15-17,19,23H,9-14,18,20H2,2H3. The fourth-order valence-electron chi connectivity index (χ4n) is 5.67. The van der Waals surface area contributed by atoms with Gasteiger partial charge < -0.3 is 9.80 Å². The van der Waals surface area contributed by atoms with Gasteiger partial charge in [-0.05, 0) is 61.8 Å². The van der Waals surface area contributed by atoms with Crippen LogP contribution in [0.1, 0.15) is 29.0 Å². The summed E-state index contributed by atoms with van der Waals surface area (Å²) in [7, 11) is 2.16. The summed E-state index contributed by atoms with van der Waals surface area (Å²) < 4.78 is 30.1. The van der Waals surface area contributed by atoms with Crippen LogP contribution in [0.5, 0.6) is 0 Å². The molecule has 0 bridgehead atoms. The Balaban J connectivity index is 1.21. The Hall–Kier alpha value is -3.80. The van der Waals surface area contributed by atoms with Crippen LogP contribution in [0.15, 0.2) is 55.0 Å². The highest BCUT2D eigenvalue weighted by atomic mass is 19.1. The van der Waals surface area contributed by atoms with Gasteiger partial charge in [-0.2, -0.15) is 5.10 Å². The van der Waals surface area contributed by atoms with Gasteiger partial charge in [0.05, 0.1) is 17.3 Å². The quantitative estimate of drug-likeness (QED) is 0.371. The zero-order valence-corrected chi connectivity index (χ0v) is 21.4. The van der Waals surface area contributed by atoms with Crippen LogP contribution in [0.25, 0.3) is 16.6 Å². The van der Waals surface area contributed by atoms with E-state index in [9.17, 15) is 8.78 Å². The first-order valence-corrected chi connectivity index (χ1v) is 13.0. The topological polar surface area (TPSA) is 39.9 Å². The van der Waals surface area contributed by atoms with E-state index < -0.39 is 11.6 Å². The molecule has 5 heterocycles. The Kier molecular flexibility index (Phi) is 6.56. The Bertz CT molecular complexity index is 1480. The smallest absolute Gasteiger partial charge is 0.130 e. The predicted octanol–water partition coefficient (Wildman–Crippen LogP) is 4.40. The van der Waals surface area contributed by atoms with Gasteiger partial charge in [-0.15, -0.1) is 6.42 Å². The van der Waals surface area contributed by atoms with Gasteiger partial charge in [0, 0.05) is 68.4 Å². The summed E-state index contributed by atoms with van der Waals surface area (Å²) in [5.41, 5.74) is 5.12. The number of hydrogen-bond acceptors (Lipinski definition) is 5. The molecule has 0 N–H and O–H groups in total. The number of terminal acetylenes is 1. The summed E-state index contributed by atoms with van der Waals surface area (Å²) in [6.07, 6.45) is 12.7. The molecular formula is C30H30F2N6. The molecule has 0 spiro atoms. The average Bonchev–Trinajstić information content (AvgIpc) is 3.57. The lowest BCUT2D eigenvalue weighted by molar-refractivity contribution is 0.242. The Morgan fingerprint density at radius 3 is 2.47 bits per heavy atom. The van der Waals surface area contributed by atoms with Crippen LogP contribution < -0.4 is 4.90 Å². The monoisotopic (exact) mass is 512 g/mol. The van der Waals surface area contributed by atoms with Gasteiger partial charge in [-0.25, -0.2) is 18.3 Å². The average molecular weight is 513 g/mol. The number of anilines is 1. The molecule has 3 aromatic heterocycles. The normalized spacial score (nSPS) is 18.8. The van der Waals surface area contributed by atoms with Crippen molar-refractivity contribution in [1.82, 2.24) is 24.4 Å². The van der Waals surface area contributed by atoms with Crippen LogP contribution in [0.3, 0.4) is 0 Å². The molecule has 2 aliphatic rings. The number of hydrogen-bond donors (Lipinski definition) is 0. The third-order valence-corrected chi connectivity index (χ3v) is 7.85. The molecule has 8 heteroatoms. The number of aromatic nitrogens is 3. The molecular weight excluding hydrogens is 482 g/mol. The van der Waals surface area contributed by atoms with Crippen LogP contribution in [-0.4, -0.2) is 70.7 Å². The van der Waals surface area contributed by atoms with Crippen molar-refractivity contribution < 1.29 is 8.78 Å². The molecule has 194 valence electrons. The van der Waals surface area contributed by atoms with E-state index in [4.69, 9.17) is 11.4 Å². The van der Waals surface area contributed by atoms with Crippen molar-refractivity contribution >= 4 is 11.3 Å². The molecule has 4 aromatic rings. The number of piperazine rings is 1. The van der Waals surface area contributed by atoms with Gasteiger partial charge in [-0.3, -0.25) is 4.90 Å². The lowest BCUT2D eigenvalue weighted by atomic mass is 9.95. The molecule has 0 aliphatic carbocycles. The fraction of sp³-hybridized carbons (Fsp3) is 0.333. The van der Waals surface area contributed by atoms with Gasteiger partial charge in [0.1, 0.15) is 17.5 Å². The second-order valence-corrected chi connectivity index (χ2v) is 10.3. The number of rotatable bonds is 5. The summed E-state index contributed by atoms with van der Waals surface area (Å²) in [5, 5.41) is 4.55. The highest BCUT2D eigenvalue weighted by Gasteiger charge is 2.24. The minimum atomic E-state index is -0.492. The van der Waals surface area contributed by atoms with Crippen molar-refractivity contribution in [1.29, 1.82) is 0 Å². The van der Waals surface area contributed by atoms with E-state index >= 15 is 0 Å². The molecule has 1 aromatic carbocycles. The Labute approximate surface area is 221 Å². The number of likely N-dealkylation sites (tertiary alicyclic amines) is 1. The van der Waals surface area contributed by atoms with Crippen molar-refractivity contribution in [3.63, 3.8) is 0 Å². The Morgan fingerprint density at radius 1 is 1.03 bits per heavy atom. The van der Waals surface area contributed by atoms with E-state index in [1.165, 1.54) is 23.8 Å². The van der Waals surface area contributed by atoms with E-state index in [-0.39, 0.29) is 12.1 Å². The SMILES string of the molecule is C#Cc1cnn2cc(C3CCN(C)C3)cc(-c3ccc(N4CCN(Cc5c(F)cccc5F)CC4)nc3)c12. The summed E-state index contributed by atoms with van der Waals surface area (Å²) >= 11 is 0. The molecule has 1 unspecified atom stereocenters. The number of halogens is 2. The highest BCUT2D eigenvalue weighted by molar-refractivity contribution is 5.85. The Morgan fingerprint density at radius 2 is 1.82 bits per heavy atom. The lowest BCUT2D eigenvalue weighted by Crippen LogP contribution is -2.46. The van der Waals surface area contributed by atoms with Crippen molar-refractivity contribution in [3.05, 3.63) is 83.3 Å². The van der Waals surface area contributed by atoms with E-state index in [1.54, 1.807) is 6.20 Å². The van der Waals surface area contributed by atoms with Crippen LogP contribution in [0, 0.1) is 24.0 Å². The molecule has 6 rings (SSSR count). The van der Waals surface area contributed by atoms with Crippen LogP contribution >= 0.6 is 0 Å². The maximum absolute atomic E-state index is 14.1. The highest BCUT2D eigenvalue weighted by Crippen LogP contribution is 2.34. The van der Waals surface area contributed by atoms with Crippen molar-refractivity contribution in [2.75, 3.05) is 51.2 Å². The largest absolute Gasteiger partial charge is 0.354 e. The minimum absolute atomic E-state index is 0.132. The molecule has 1 atom stereocenters. The van der Waals surface area contributed by atoms with Crippen LogP contribution in [0.4, 0.5) is 14.6 Å². The third-order valence-electron chi connectivity index (χ3n) is 7.85. The maximum atomic E-state index is 14.1. The van der Waals surface area contributed by atoms with Crippen LogP contribution in [-0.2, 0) is 6.54 Å². The first kappa shape index (κ1) is 24.5. The molecule has 0 radical (unpaired) electrons. The third kappa shape index (κ3) is 4.64. The number of pyridine rings is 2. The lowest BCUT2D eigenvalue weighted by Gasteiger charge is -2.35. The van der Waals surface area contributed by atoms with Gasteiger partial charge >= 0.3 is 0 Å². The molecule has 0 amide bonds. The summed E-state index contributed by atoms with van der Waals surface area (Å²) in [6, 6.07) is 10.4. The number of benzene rings is 1. The van der Waals surface area contributed by atoms with Crippen molar-refractivity contribution in [2.45, 2.75) is 18.9 Å². The van der Waals surface area contributed by atoms with E-state index in [0.717, 1.165) is 60.6 Å². The second-order valence-electron chi connectivity index (χ2n) is 10.3. The van der Waals surface area contributed by atoms with E-state index in [0.29, 0.717) is 19.0 Å². The number of fused-ring (bicyclic) bond motifs is 1. The minimum Gasteiger partial charge on any atom is -0.354 e. The molecule has 2 aliphatic heterocycles. The molecule has 2 fully saturated rings. The molecule has 6 nitrogen and oxygen atoms in total. The second kappa shape index (κ2) is 10.2. The first-order chi connectivity index (χ1) is 18.5. The number of likely N-dealkylation sites (N-methyl/N-ethyl adjacent to an activating group) is 1. The van der Waals surface area contributed by atoms with Gasteiger partial charge in [0.15, 0.2) is 0 Å². The maximum Gasteiger partial charge on any atom is 0.130 e. The van der Waals surface area contributed by atoms with E-state index in [1.807, 2.05) is 16.8 Å². The molecule has 38 heavy (non-hydrogen) atoms. The zero-order valence-electron chi connectivity index (χ0n) is 21.4. The van der Waals surface area contributed by atoms with Gasteiger partial charge in [0.25, 0.3) is 0 Å². The molecule has 2 saturated heterocycles. The zero-order chi connectivity index (χ0) is 26.2. The first-order valence-electron chi connectivity index (χ1n) is 13.0. The summed E-state index contributed by atoms with van der Waals surface area (Å²) in [5.74, 6) is 3.14. The van der Waals surface area contributed by atoms with Crippen molar-refractivity contribution in [2.24, 2.45) is 0 Å².